The van der Waals surface area contributed by atoms with Gasteiger partial charge in [-0.1, -0.05) is 26.7 Å². The lowest BCUT2D eigenvalue weighted by atomic mass is 10.1. The minimum absolute atomic E-state index is 0.0476. The van der Waals surface area contributed by atoms with Gasteiger partial charge in [-0.05, 0) is 26.3 Å². The van der Waals surface area contributed by atoms with E-state index in [2.05, 4.69) is 38.7 Å². The van der Waals surface area contributed by atoms with E-state index >= 15 is 0 Å². The molecule has 0 bridgehead atoms. The predicted molar refractivity (Wildman–Crippen MR) is 55.2 cm³/mol. The summed E-state index contributed by atoms with van der Waals surface area (Å²) in [7, 11) is 0. The number of hydrogen-bond donors (Lipinski definition) is 2. The highest BCUT2D eigenvalue weighted by Gasteiger charge is 2.15. The van der Waals surface area contributed by atoms with Crippen LogP contribution in [-0.2, 0) is 0 Å². The molecule has 0 spiro atoms. The van der Waals surface area contributed by atoms with Gasteiger partial charge in [0.15, 0.2) is 0 Å². The molecule has 0 unspecified atom stereocenters. The van der Waals surface area contributed by atoms with Crippen LogP contribution in [0.2, 0.25) is 0 Å². The fraction of sp³-hybridized carbons (Fsp3) is 1.00. The van der Waals surface area contributed by atoms with Gasteiger partial charge in [0, 0.05) is 0 Å². The molecule has 0 saturated carbocycles. The van der Waals surface area contributed by atoms with Crippen LogP contribution < -0.4 is 5.32 Å². The van der Waals surface area contributed by atoms with Gasteiger partial charge in [-0.3, -0.25) is 0 Å². The summed E-state index contributed by atoms with van der Waals surface area (Å²) in [6.07, 6.45) is 4.86. The average Bonchev–Trinajstić information content (AvgIpc) is 1.97. The van der Waals surface area contributed by atoms with Gasteiger partial charge >= 0.3 is 0 Å². The largest absolute Gasteiger partial charge is 0.303 e. The maximum absolute atomic E-state index is 4.54. The van der Waals surface area contributed by atoms with Crippen molar-refractivity contribution in [2.24, 2.45) is 0 Å². The number of nitrogens with one attached hydrogen (secondary N) is 1. The highest BCUT2D eigenvalue weighted by molar-refractivity contribution is 7.81. The van der Waals surface area contributed by atoms with Crippen molar-refractivity contribution in [1.29, 1.82) is 0 Å². The normalized spacial score (nSPS) is 16.4. The summed E-state index contributed by atoms with van der Waals surface area (Å²) in [5.41, 5.74) is 0. The zero-order valence-corrected chi connectivity index (χ0v) is 8.88. The van der Waals surface area contributed by atoms with Crippen molar-refractivity contribution in [1.82, 2.24) is 5.32 Å². The summed E-state index contributed by atoms with van der Waals surface area (Å²) >= 11 is 4.54. The van der Waals surface area contributed by atoms with Crippen molar-refractivity contribution in [3.05, 3.63) is 0 Å². The van der Waals surface area contributed by atoms with E-state index in [9.17, 15) is 0 Å². The van der Waals surface area contributed by atoms with E-state index in [1.165, 1.54) is 19.3 Å². The van der Waals surface area contributed by atoms with Crippen LogP contribution in [0.5, 0.6) is 0 Å². The lowest BCUT2D eigenvalue weighted by Crippen LogP contribution is -2.37. The smallest absolute Gasteiger partial charge is 0.0587 e. The van der Waals surface area contributed by atoms with Crippen LogP contribution in [0, 0.1) is 0 Å². The second kappa shape index (κ2) is 5.90. The Bertz CT molecular complexity index is 81.6. The highest BCUT2D eigenvalue weighted by atomic mass is 32.1. The lowest BCUT2D eigenvalue weighted by molar-refractivity contribution is 0.457. The maximum atomic E-state index is 4.54. The van der Waals surface area contributed by atoms with Crippen LogP contribution in [0.1, 0.15) is 46.5 Å². The van der Waals surface area contributed by atoms with Crippen LogP contribution in [0.25, 0.3) is 0 Å². The molecule has 0 aliphatic carbocycles. The summed E-state index contributed by atoms with van der Waals surface area (Å²) in [5.74, 6) is 0. The predicted octanol–water partition coefficient (Wildman–Crippen LogP) is 2.82. The molecule has 0 aromatic rings. The standard InChI is InChI=1S/C9H21NS/c1-4-6-7-9(3,11)10-8-5-2/h10-11H,4-8H2,1-3H3/t9-/m0/s1. The third-order valence-electron chi connectivity index (χ3n) is 1.77. The molecule has 1 N–H and O–H groups in total. The summed E-state index contributed by atoms with van der Waals surface area (Å²) in [6, 6.07) is 0. The average molecular weight is 175 g/mol. The molecule has 0 radical (unpaired) electrons. The fourth-order valence-corrected chi connectivity index (χ4v) is 1.27. The Morgan fingerprint density at radius 2 is 1.91 bits per heavy atom. The Morgan fingerprint density at radius 1 is 1.27 bits per heavy atom. The Hall–Kier alpha value is 0.310. The molecule has 11 heavy (non-hydrogen) atoms. The Labute approximate surface area is 76.4 Å². The molecule has 0 fully saturated rings. The van der Waals surface area contributed by atoms with Crippen molar-refractivity contribution in [2.75, 3.05) is 6.54 Å². The molecular formula is C9H21NS. The van der Waals surface area contributed by atoms with Crippen LogP contribution >= 0.6 is 12.6 Å². The first-order valence-electron chi connectivity index (χ1n) is 4.59. The first kappa shape index (κ1) is 11.3. The summed E-state index contributed by atoms with van der Waals surface area (Å²) in [6.45, 7) is 7.62. The molecule has 0 aliphatic heterocycles. The molecule has 0 rings (SSSR count). The molecule has 2 heteroatoms. The molecule has 68 valence electrons. The van der Waals surface area contributed by atoms with Crippen molar-refractivity contribution in [3.8, 4) is 0 Å². The number of unbranched alkanes of at least 4 members (excludes halogenated alkanes) is 1. The highest BCUT2D eigenvalue weighted by Crippen LogP contribution is 2.17. The second-order valence-corrected chi connectivity index (χ2v) is 4.29. The second-order valence-electron chi connectivity index (χ2n) is 3.30. The molecule has 0 aromatic heterocycles. The van der Waals surface area contributed by atoms with Gasteiger partial charge < -0.3 is 5.32 Å². The van der Waals surface area contributed by atoms with Gasteiger partial charge in [-0.15, -0.1) is 0 Å². The van der Waals surface area contributed by atoms with Gasteiger partial charge in [0.2, 0.25) is 0 Å². The van der Waals surface area contributed by atoms with E-state index < -0.39 is 0 Å². The summed E-state index contributed by atoms with van der Waals surface area (Å²) < 4.78 is 0. The number of thiol groups is 1. The Balaban J connectivity index is 3.43. The van der Waals surface area contributed by atoms with E-state index in [1.807, 2.05) is 0 Å². The van der Waals surface area contributed by atoms with Gasteiger partial charge in [0.05, 0.1) is 4.87 Å². The van der Waals surface area contributed by atoms with Crippen LogP contribution in [0.15, 0.2) is 0 Å². The topological polar surface area (TPSA) is 12.0 Å². The number of hydrogen-bond acceptors (Lipinski definition) is 2. The maximum Gasteiger partial charge on any atom is 0.0587 e. The van der Waals surface area contributed by atoms with Crippen LogP contribution in [0.3, 0.4) is 0 Å². The molecular weight excluding hydrogens is 154 g/mol. The minimum atomic E-state index is 0.0476. The van der Waals surface area contributed by atoms with Gasteiger partial charge in [-0.2, -0.15) is 12.6 Å². The van der Waals surface area contributed by atoms with E-state index in [1.54, 1.807) is 0 Å². The molecule has 0 aromatic carbocycles. The first-order chi connectivity index (χ1) is 5.12. The SMILES string of the molecule is CCCC[C@](C)(S)NCCC. The third kappa shape index (κ3) is 6.70. The number of rotatable bonds is 6. The van der Waals surface area contributed by atoms with Gasteiger partial charge in [0.1, 0.15) is 0 Å². The van der Waals surface area contributed by atoms with Crippen LogP contribution in [0.4, 0.5) is 0 Å². The quantitative estimate of drug-likeness (QED) is 0.467. The van der Waals surface area contributed by atoms with Crippen molar-refractivity contribution in [2.45, 2.75) is 51.3 Å². The first-order valence-corrected chi connectivity index (χ1v) is 5.04. The summed E-state index contributed by atoms with van der Waals surface area (Å²) in [4.78, 5) is 0.0476. The van der Waals surface area contributed by atoms with Gasteiger partial charge in [0.25, 0.3) is 0 Å². The molecule has 1 nitrogen and oxygen atoms in total. The van der Waals surface area contributed by atoms with E-state index in [-0.39, 0.29) is 4.87 Å². The van der Waals surface area contributed by atoms with E-state index in [0.29, 0.717) is 0 Å². The molecule has 0 aliphatic rings. The lowest BCUT2D eigenvalue weighted by Gasteiger charge is -2.24. The molecule has 0 heterocycles. The van der Waals surface area contributed by atoms with Gasteiger partial charge in [-0.25, -0.2) is 0 Å². The third-order valence-corrected chi connectivity index (χ3v) is 2.15. The van der Waals surface area contributed by atoms with Crippen molar-refractivity contribution < 1.29 is 0 Å². The van der Waals surface area contributed by atoms with Crippen LogP contribution in [-0.4, -0.2) is 11.4 Å². The zero-order chi connectivity index (χ0) is 8.74. The summed E-state index contributed by atoms with van der Waals surface area (Å²) in [5, 5.41) is 3.41. The fourth-order valence-electron chi connectivity index (χ4n) is 1.00. The van der Waals surface area contributed by atoms with Crippen molar-refractivity contribution >= 4 is 12.6 Å². The van der Waals surface area contributed by atoms with Crippen molar-refractivity contribution in [3.63, 3.8) is 0 Å². The van der Waals surface area contributed by atoms with E-state index in [0.717, 1.165) is 13.0 Å². The minimum Gasteiger partial charge on any atom is -0.303 e. The monoisotopic (exact) mass is 175 g/mol. The molecule has 0 saturated heterocycles. The Morgan fingerprint density at radius 3 is 2.36 bits per heavy atom. The zero-order valence-electron chi connectivity index (χ0n) is 7.98. The molecule has 1 atom stereocenters. The Kier molecular flexibility index (Phi) is 6.06. The molecule has 0 amide bonds. The van der Waals surface area contributed by atoms with E-state index in [4.69, 9.17) is 0 Å².